The number of likely N-dealkylation sites (tertiary alicyclic amines) is 1. The first-order valence-corrected chi connectivity index (χ1v) is 12.3. The number of rotatable bonds is 5. The molecule has 0 radical (unpaired) electrons. The number of nitrogens with zero attached hydrogens (tertiary/aromatic N) is 1. The summed E-state index contributed by atoms with van der Waals surface area (Å²) in [6, 6.07) is 23.2. The highest BCUT2D eigenvalue weighted by molar-refractivity contribution is 5.94. The lowest BCUT2D eigenvalue weighted by Gasteiger charge is -2.21. The molecule has 0 aliphatic carbocycles. The van der Waals surface area contributed by atoms with Gasteiger partial charge in [-0.2, -0.15) is 0 Å². The molecule has 0 saturated carbocycles. The molecule has 5 heteroatoms. The van der Waals surface area contributed by atoms with Crippen LogP contribution in [0.2, 0.25) is 0 Å². The van der Waals surface area contributed by atoms with Crippen LogP contribution in [0.3, 0.4) is 0 Å². The predicted octanol–water partition coefficient (Wildman–Crippen LogP) is 6.01. The van der Waals surface area contributed by atoms with Crippen LogP contribution in [0.15, 0.2) is 72.8 Å². The second-order valence-corrected chi connectivity index (χ2v) is 9.43. The molecule has 0 aromatic heterocycles. The van der Waals surface area contributed by atoms with Crippen LogP contribution in [0.5, 0.6) is 17.2 Å². The summed E-state index contributed by atoms with van der Waals surface area (Å²) >= 11 is 0. The Morgan fingerprint density at radius 1 is 0.829 bits per heavy atom. The molecule has 6 rings (SSSR count). The van der Waals surface area contributed by atoms with E-state index in [0.717, 1.165) is 50.9 Å². The zero-order chi connectivity index (χ0) is 23.8. The molecule has 35 heavy (non-hydrogen) atoms. The fourth-order valence-corrected chi connectivity index (χ4v) is 5.38. The van der Waals surface area contributed by atoms with Gasteiger partial charge in [0.25, 0.3) is 0 Å². The molecule has 4 aromatic rings. The van der Waals surface area contributed by atoms with Crippen LogP contribution < -0.4 is 4.74 Å². The standard InChI is InChI=1S/C30H29NO4/c32-23-7-12-27-21(17-23)5-10-28-26-11-6-24(33)18-22(26)19-35-30(29(27)28)20-3-8-25(9-4-20)34-16-15-31-13-1-2-14-31/h3-12,17-18,30,32-33H,1-2,13-16,19H2. The summed E-state index contributed by atoms with van der Waals surface area (Å²) in [6.45, 7) is 4.38. The molecule has 0 bridgehead atoms. The first-order chi connectivity index (χ1) is 17.2. The third kappa shape index (κ3) is 4.33. The van der Waals surface area contributed by atoms with Gasteiger partial charge in [-0.1, -0.05) is 36.4 Å². The molecule has 1 atom stereocenters. The fourth-order valence-electron chi connectivity index (χ4n) is 5.38. The van der Waals surface area contributed by atoms with Gasteiger partial charge in [0.15, 0.2) is 0 Å². The van der Waals surface area contributed by atoms with Gasteiger partial charge in [0, 0.05) is 12.1 Å². The topological polar surface area (TPSA) is 62.2 Å². The van der Waals surface area contributed by atoms with Crippen LogP contribution in [-0.2, 0) is 11.3 Å². The Bertz CT molecular complexity index is 1360. The number of hydrogen-bond donors (Lipinski definition) is 2. The van der Waals surface area contributed by atoms with Crippen molar-refractivity contribution in [2.24, 2.45) is 0 Å². The number of ether oxygens (including phenoxy) is 2. The fraction of sp³-hybridized carbons (Fsp3) is 0.267. The van der Waals surface area contributed by atoms with E-state index in [9.17, 15) is 10.2 Å². The van der Waals surface area contributed by atoms with E-state index in [0.29, 0.717) is 13.2 Å². The number of aromatic hydroxyl groups is 2. The van der Waals surface area contributed by atoms with Crippen LogP contribution in [0.1, 0.15) is 35.6 Å². The molecule has 1 fully saturated rings. The quantitative estimate of drug-likeness (QED) is 0.376. The second-order valence-electron chi connectivity index (χ2n) is 9.43. The van der Waals surface area contributed by atoms with Crippen LogP contribution in [0.25, 0.3) is 21.9 Å². The molecule has 1 saturated heterocycles. The van der Waals surface area contributed by atoms with E-state index in [1.54, 1.807) is 24.3 Å². The van der Waals surface area contributed by atoms with Crippen LogP contribution >= 0.6 is 0 Å². The van der Waals surface area contributed by atoms with Gasteiger partial charge in [0.05, 0.1) is 6.61 Å². The van der Waals surface area contributed by atoms with E-state index in [1.165, 1.54) is 25.9 Å². The average Bonchev–Trinajstić information content (AvgIpc) is 3.33. The SMILES string of the molecule is Oc1ccc2c(c1)COC(c1ccc(OCCN3CCCC3)cc1)c1c-2ccc2cc(O)ccc12. The highest BCUT2D eigenvalue weighted by Gasteiger charge is 2.27. The highest BCUT2D eigenvalue weighted by atomic mass is 16.5. The molecule has 5 nitrogen and oxygen atoms in total. The summed E-state index contributed by atoms with van der Waals surface area (Å²) in [4.78, 5) is 2.45. The molecule has 0 amide bonds. The second kappa shape index (κ2) is 9.25. The Hall–Kier alpha value is -3.54. The van der Waals surface area contributed by atoms with Crippen molar-refractivity contribution < 1.29 is 19.7 Å². The van der Waals surface area contributed by atoms with Crippen LogP contribution in [0.4, 0.5) is 0 Å². The average molecular weight is 468 g/mol. The molecule has 178 valence electrons. The summed E-state index contributed by atoms with van der Waals surface area (Å²) in [5.74, 6) is 1.33. The number of benzene rings is 4. The van der Waals surface area contributed by atoms with Gasteiger partial charge >= 0.3 is 0 Å². The van der Waals surface area contributed by atoms with Crippen molar-refractivity contribution in [1.29, 1.82) is 0 Å². The third-order valence-corrected chi connectivity index (χ3v) is 7.15. The summed E-state index contributed by atoms with van der Waals surface area (Å²) in [6.07, 6.45) is 2.27. The molecule has 2 aliphatic heterocycles. The predicted molar refractivity (Wildman–Crippen MR) is 137 cm³/mol. The van der Waals surface area contributed by atoms with Gasteiger partial charge in [-0.15, -0.1) is 0 Å². The molecule has 4 aromatic carbocycles. The van der Waals surface area contributed by atoms with E-state index < -0.39 is 0 Å². The normalized spacial score (nSPS) is 17.7. The monoisotopic (exact) mass is 467 g/mol. The molecule has 2 N–H and O–H groups in total. The number of phenolic OH excluding ortho intramolecular Hbond substituents is 2. The van der Waals surface area contributed by atoms with Crippen molar-refractivity contribution in [3.05, 3.63) is 89.5 Å². The zero-order valence-corrected chi connectivity index (χ0v) is 19.6. The van der Waals surface area contributed by atoms with Crippen molar-refractivity contribution in [1.82, 2.24) is 4.90 Å². The van der Waals surface area contributed by atoms with Gasteiger partial charge in [-0.3, -0.25) is 4.90 Å². The first kappa shape index (κ1) is 22.0. The molecule has 0 spiro atoms. The maximum absolute atomic E-state index is 10.1. The maximum atomic E-state index is 10.1. The third-order valence-electron chi connectivity index (χ3n) is 7.15. The van der Waals surface area contributed by atoms with Crippen molar-refractivity contribution >= 4 is 10.8 Å². The molecule has 2 heterocycles. The van der Waals surface area contributed by atoms with E-state index in [1.807, 2.05) is 30.3 Å². The maximum Gasteiger partial charge on any atom is 0.119 e. The minimum Gasteiger partial charge on any atom is -0.508 e. The Labute approximate surface area is 205 Å². The van der Waals surface area contributed by atoms with Gasteiger partial charge in [0.1, 0.15) is 30.0 Å². The lowest BCUT2D eigenvalue weighted by atomic mass is 9.87. The van der Waals surface area contributed by atoms with E-state index >= 15 is 0 Å². The molecular weight excluding hydrogens is 438 g/mol. The summed E-state index contributed by atoms with van der Waals surface area (Å²) in [5.41, 5.74) is 5.18. The zero-order valence-electron chi connectivity index (χ0n) is 19.6. The Kier molecular flexibility index (Phi) is 5.80. The minimum absolute atomic E-state index is 0.230. The van der Waals surface area contributed by atoms with Gasteiger partial charge in [0.2, 0.25) is 0 Å². The Morgan fingerprint density at radius 2 is 1.57 bits per heavy atom. The largest absolute Gasteiger partial charge is 0.508 e. The summed E-state index contributed by atoms with van der Waals surface area (Å²) in [7, 11) is 0. The lowest BCUT2D eigenvalue weighted by molar-refractivity contribution is 0.0700. The van der Waals surface area contributed by atoms with E-state index in [-0.39, 0.29) is 17.6 Å². The van der Waals surface area contributed by atoms with Gasteiger partial charge in [-0.05, 0) is 95.4 Å². The lowest BCUT2D eigenvalue weighted by Crippen LogP contribution is -2.25. The highest BCUT2D eigenvalue weighted by Crippen LogP contribution is 2.44. The van der Waals surface area contributed by atoms with Crippen molar-refractivity contribution in [2.75, 3.05) is 26.2 Å². The van der Waals surface area contributed by atoms with Crippen LogP contribution in [-0.4, -0.2) is 41.4 Å². The Morgan fingerprint density at radius 3 is 2.40 bits per heavy atom. The number of fused-ring (bicyclic) bond motifs is 5. The van der Waals surface area contributed by atoms with Crippen molar-refractivity contribution in [3.8, 4) is 28.4 Å². The van der Waals surface area contributed by atoms with E-state index in [2.05, 4.69) is 23.1 Å². The van der Waals surface area contributed by atoms with Crippen molar-refractivity contribution in [3.63, 3.8) is 0 Å². The van der Waals surface area contributed by atoms with E-state index in [4.69, 9.17) is 9.47 Å². The number of hydrogen-bond acceptors (Lipinski definition) is 5. The van der Waals surface area contributed by atoms with Crippen molar-refractivity contribution in [2.45, 2.75) is 25.6 Å². The smallest absolute Gasteiger partial charge is 0.119 e. The molecule has 2 aliphatic rings. The summed E-state index contributed by atoms with van der Waals surface area (Å²) < 4.78 is 12.5. The molecule has 1 unspecified atom stereocenters. The summed E-state index contributed by atoms with van der Waals surface area (Å²) in [5, 5.41) is 22.1. The number of phenols is 2. The Balaban J connectivity index is 1.36. The van der Waals surface area contributed by atoms with Gasteiger partial charge < -0.3 is 19.7 Å². The minimum atomic E-state index is -0.300. The first-order valence-electron chi connectivity index (χ1n) is 12.3. The molecular formula is C30H29NO4. The van der Waals surface area contributed by atoms with Crippen LogP contribution in [0, 0.1) is 0 Å². The van der Waals surface area contributed by atoms with Gasteiger partial charge in [-0.25, -0.2) is 0 Å².